The molecule has 4 rings (SSSR count). The van der Waals surface area contributed by atoms with Crippen molar-refractivity contribution in [3.8, 4) is 11.1 Å². The zero-order chi connectivity index (χ0) is 22.7. The molecule has 0 heterocycles. The van der Waals surface area contributed by atoms with Crippen LogP contribution in [0.25, 0.3) is 11.1 Å². The number of alkyl carbamates (subject to hydrolysis) is 1. The van der Waals surface area contributed by atoms with Crippen molar-refractivity contribution in [2.75, 3.05) is 19.7 Å². The Balaban J connectivity index is 1.39. The minimum Gasteiger partial charge on any atom is -0.480 e. The van der Waals surface area contributed by atoms with Gasteiger partial charge in [0, 0.05) is 18.5 Å². The number of carboxylic acids is 1. The maximum atomic E-state index is 12.8. The second kappa shape index (κ2) is 9.42. The van der Waals surface area contributed by atoms with E-state index in [1.165, 1.54) is 4.90 Å². The van der Waals surface area contributed by atoms with Crippen LogP contribution in [-0.2, 0) is 14.3 Å². The van der Waals surface area contributed by atoms with Gasteiger partial charge in [-0.2, -0.15) is 0 Å². The van der Waals surface area contributed by atoms with Gasteiger partial charge in [-0.25, -0.2) is 4.79 Å². The van der Waals surface area contributed by atoms with Gasteiger partial charge in [-0.1, -0.05) is 55.0 Å². The van der Waals surface area contributed by atoms with E-state index in [1.54, 1.807) is 6.92 Å². The molecular weight excluding hydrogens is 408 g/mol. The lowest BCUT2D eigenvalue weighted by molar-refractivity contribution is -0.146. The maximum Gasteiger partial charge on any atom is 0.407 e. The molecule has 0 spiro atoms. The highest BCUT2D eigenvalue weighted by atomic mass is 16.5. The van der Waals surface area contributed by atoms with Crippen LogP contribution < -0.4 is 5.32 Å². The molecule has 32 heavy (non-hydrogen) atoms. The monoisotopic (exact) mass is 436 g/mol. The van der Waals surface area contributed by atoms with E-state index in [0.717, 1.165) is 28.7 Å². The van der Waals surface area contributed by atoms with Crippen LogP contribution in [0.2, 0.25) is 0 Å². The fourth-order valence-electron chi connectivity index (χ4n) is 4.96. The summed E-state index contributed by atoms with van der Waals surface area (Å²) in [6.45, 7) is 1.96. The summed E-state index contributed by atoms with van der Waals surface area (Å²) in [6.07, 6.45) is 1.56. The van der Waals surface area contributed by atoms with Gasteiger partial charge >= 0.3 is 12.1 Å². The van der Waals surface area contributed by atoms with Crippen LogP contribution in [0.3, 0.4) is 0 Å². The summed E-state index contributed by atoms with van der Waals surface area (Å²) in [5.41, 5.74) is 4.61. The molecule has 2 atom stereocenters. The first-order valence-electron chi connectivity index (χ1n) is 11.1. The molecule has 0 unspecified atom stereocenters. The zero-order valence-electron chi connectivity index (χ0n) is 18.1. The second-order valence-corrected chi connectivity index (χ2v) is 8.36. The molecular formula is C25H28N2O5. The first kappa shape index (κ1) is 21.9. The van der Waals surface area contributed by atoms with Crippen LogP contribution in [0.1, 0.15) is 43.2 Å². The van der Waals surface area contributed by atoms with Crippen LogP contribution in [0, 0.1) is 5.92 Å². The van der Waals surface area contributed by atoms with Gasteiger partial charge < -0.3 is 20.1 Å². The lowest BCUT2D eigenvalue weighted by Crippen LogP contribution is -2.47. The summed E-state index contributed by atoms with van der Waals surface area (Å²) < 4.78 is 5.61. The van der Waals surface area contributed by atoms with E-state index in [4.69, 9.17) is 9.84 Å². The molecule has 0 radical (unpaired) electrons. The summed E-state index contributed by atoms with van der Waals surface area (Å²) >= 11 is 0. The topological polar surface area (TPSA) is 95.9 Å². The Kier molecular flexibility index (Phi) is 6.44. The summed E-state index contributed by atoms with van der Waals surface area (Å²) in [4.78, 5) is 37.8. The number of nitrogens with zero attached hydrogens (tertiary/aromatic N) is 1. The predicted molar refractivity (Wildman–Crippen MR) is 119 cm³/mol. The normalized spacial score (nSPS) is 19.2. The number of carboxylic acid groups (broad SMARTS) is 1. The fraction of sp³-hybridized carbons (Fsp3) is 0.400. The predicted octanol–water partition coefficient (Wildman–Crippen LogP) is 3.63. The van der Waals surface area contributed by atoms with Gasteiger partial charge in [0.15, 0.2) is 0 Å². The highest BCUT2D eigenvalue weighted by Crippen LogP contribution is 2.44. The Morgan fingerprint density at radius 1 is 1.03 bits per heavy atom. The van der Waals surface area contributed by atoms with E-state index in [9.17, 15) is 14.4 Å². The van der Waals surface area contributed by atoms with Crippen molar-refractivity contribution >= 4 is 18.0 Å². The third kappa shape index (κ3) is 4.33. The molecule has 2 N–H and O–H groups in total. The number of likely N-dealkylation sites (N-methyl/N-ethyl adjacent to an activating group) is 1. The Morgan fingerprint density at radius 2 is 1.66 bits per heavy atom. The molecule has 2 amide bonds. The summed E-state index contributed by atoms with van der Waals surface area (Å²) in [7, 11) is 0. The average molecular weight is 437 g/mol. The summed E-state index contributed by atoms with van der Waals surface area (Å²) in [5, 5.41) is 11.9. The number of amides is 2. The standard InChI is InChI=1S/C25H28N2O5/c1-2-27(14-23(28)29)24(30)20-12-7-13-22(20)26-25(31)32-15-21-18-10-5-3-8-16(18)17-9-4-6-11-19(17)21/h3-6,8-11,20-22H,2,7,12-15H2,1H3,(H,26,31)(H,28,29)/t20-,22+/m0/s1. The highest BCUT2D eigenvalue weighted by molar-refractivity contribution is 5.84. The molecule has 1 fully saturated rings. The average Bonchev–Trinajstić information content (AvgIpc) is 3.38. The van der Waals surface area contributed by atoms with Crippen LogP contribution in [0.5, 0.6) is 0 Å². The number of aliphatic carboxylic acids is 1. The number of hydrogen-bond donors (Lipinski definition) is 2. The molecule has 7 heteroatoms. The molecule has 0 saturated heterocycles. The first-order chi connectivity index (χ1) is 15.5. The molecule has 1 saturated carbocycles. The lowest BCUT2D eigenvalue weighted by atomic mass is 9.98. The Morgan fingerprint density at radius 3 is 2.25 bits per heavy atom. The van der Waals surface area contributed by atoms with E-state index in [1.807, 2.05) is 24.3 Å². The van der Waals surface area contributed by atoms with Gasteiger partial charge in [0.25, 0.3) is 0 Å². The largest absolute Gasteiger partial charge is 0.480 e. The minimum atomic E-state index is -1.04. The van der Waals surface area contributed by atoms with Gasteiger partial charge in [0.05, 0.1) is 5.92 Å². The van der Waals surface area contributed by atoms with E-state index < -0.39 is 18.0 Å². The van der Waals surface area contributed by atoms with Crippen molar-refractivity contribution in [2.45, 2.75) is 38.1 Å². The number of fused-ring (bicyclic) bond motifs is 3. The molecule has 168 valence electrons. The molecule has 7 nitrogen and oxygen atoms in total. The van der Waals surface area contributed by atoms with Crippen molar-refractivity contribution in [1.29, 1.82) is 0 Å². The first-order valence-corrected chi connectivity index (χ1v) is 11.1. The van der Waals surface area contributed by atoms with Gasteiger partial charge in [0.1, 0.15) is 13.2 Å². The summed E-state index contributed by atoms with van der Waals surface area (Å²) in [5.74, 6) is -1.72. The van der Waals surface area contributed by atoms with Gasteiger partial charge in [0.2, 0.25) is 5.91 Å². The number of ether oxygens (including phenoxy) is 1. The smallest absolute Gasteiger partial charge is 0.407 e. The van der Waals surface area contributed by atoms with E-state index in [-0.39, 0.29) is 31.0 Å². The lowest BCUT2D eigenvalue weighted by Gasteiger charge is -2.26. The fourth-order valence-corrected chi connectivity index (χ4v) is 4.96. The van der Waals surface area contributed by atoms with Crippen molar-refractivity contribution in [1.82, 2.24) is 10.2 Å². The van der Waals surface area contributed by atoms with Gasteiger partial charge in [-0.3, -0.25) is 9.59 Å². The third-order valence-corrected chi connectivity index (χ3v) is 6.50. The molecule has 0 aliphatic heterocycles. The van der Waals surface area contributed by atoms with Crippen molar-refractivity contribution in [3.05, 3.63) is 59.7 Å². The van der Waals surface area contributed by atoms with Crippen molar-refractivity contribution in [2.24, 2.45) is 5.92 Å². The number of rotatable bonds is 7. The second-order valence-electron chi connectivity index (χ2n) is 8.36. The maximum absolute atomic E-state index is 12.8. The Labute approximate surface area is 187 Å². The van der Waals surface area contributed by atoms with Gasteiger partial charge in [-0.05, 0) is 42.0 Å². The summed E-state index contributed by atoms with van der Waals surface area (Å²) in [6, 6.07) is 15.9. The quantitative estimate of drug-likeness (QED) is 0.691. The highest BCUT2D eigenvalue weighted by Gasteiger charge is 2.37. The Bertz CT molecular complexity index is 975. The van der Waals surface area contributed by atoms with E-state index >= 15 is 0 Å². The molecule has 2 aliphatic carbocycles. The molecule has 2 aromatic rings. The number of benzene rings is 2. The van der Waals surface area contributed by atoms with Crippen LogP contribution in [-0.4, -0.2) is 53.7 Å². The van der Waals surface area contributed by atoms with Crippen LogP contribution in [0.4, 0.5) is 4.79 Å². The molecule has 0 bridgehead atoms. The number of carbonyl (C=O) groups excluding carboxylic acids is 2. The van der Waals surface area contributed by atoms with Crippen LogP contribution in [0.15, 0.2) is 48.5 Å². The van der Waals surface area contributed by atoms with E-state index in [2.05, 4.69) is 29.6 Å². The number of nitrogens with one attached hydrogen (secondary N) is 1. The van der Waals surface area contributed by atoms with Crippen molar-refractivity contribution < 1.29 is 24.2 Å². The zero-order valence-corrected chi connectivity index (χ0v) is 18.1. The van der Waals surface area contributed by atoms with E-state index in [0.29, 0.717) is 19.4 Å². The third-order valence-electron chi connectivity index (χ3n) is 6.50. The number of hydrogen-bond acceptors (Lipinski definition) is 4. The molecule has 2 aromatic carbocycles. The van der Waals surface area contributed by atoms with Crippen molar-refractivity contribution in [3.63, 3.8) is 0 Å². The van der Waals surface area contributed by atoms with Crippen LogP contribution >= 0.6 is 0 Å². The number of carbonyl (C=O) groups is 3. The SMILES string of the molecule is CCN(CC(=O)O)C(=O)[C@H]1CCC[C@H]1NC(=O)OCC1c2ccccc2-c2ccccc21. The van der Waals surface area contributed by atoms with Gasteiger partial charge in [-0.15, -0.1) is 0 Å². The Hall–Kier alpha value is -3.35. The molecule has 2 aliphatic rings. The molecule has 0 aromatic heterocycles. The minimum absolute atomic E-state index is 0.0275.